The molecule has 4 heteroatoms. The normalized spacial score (nSPS) is 10.5. The molecule has 0 fully saturated rings. The van der Waals surface area contributed by atoms with Crippen LogP contribution in [0.25, 0.3) is 0 Å². The van der Waals surface area contributed by atoms with Crippen molar-refractivity contribution in [3.63, 3.8) is 0 Å². The molecule has 0 unspecified atom stereocenters. The predicted octanol–water partition coefficient (Wildman–Crippen LogP) is 3.36. The Labute approximate surface area is 118 Å². The Bertz CT molecular complexity index is 537. The van der Waals surface area contributed by atoms with Crippen LogP contribution in [0.3, 0.4) is 0 Å². The molecule has 1 aromatic carbocycles. The number of benzene rings is 1. The van der Waals surface area contributed by atoms with E-state index in [9.17, 15) is 0 Å². The van der Waals surface area contributed by atoms with Gasteiger partial charge in [-0.15, -0.1) is 11.3 Å². The first-order valence-corrected chi connectivity index (χ1v) is 7.15. The zero-order chi connectivity index (χ0) is 13.7. The number of nitrogens with two attached hydrogens (primary N) is 1. The largest absolute Gasteiger partial charge is 0.497 e. The van der Waals surface area contributed by atoms with E-state index in [4.69, 9.17) is 15.2 Å². The van der Waals surface area contributed by atoms with E-state index >= 15 is 0 Å². The lowest BCUT2D eigenvalue weighted by atomic mass is 10.2. The Hall–Kier alpha value is -1.52. The highest BCUT2D eigenvalue weighted by molar-refractivity contribution is 7.11. The number of thiophene rings is 1. The predicted molar refractivity (Wildman–Crippen MR) is 78.9 cm³/mol. The van der Waals surface area contributed by atoms with Gasteiger partial charge in [0.15, 0.2) is 0 Å². The van der Waals surface area contributed by atoms with Gasteiger partial charge in [0.2, 0.25) is 0 Å². The molecule has 2 rings (SSSR count). The number of hydrogen-bond donors (Lipinski definition) is 1. The molecule has 19 heavy (non-hydrogen) atoms. The molecule has 0 bridgehead atoms. The van der Waals surface area contributed by atoms with Crippen LogP contribution in [-0.4, -0.2) is 7.11 Å². The maximum atomic E-state index is 5.86. The van der Waals surface area contributed by atoms with E-state index in [0.717, 1.165) is 23.5 Å². The van der Waals surface area contributed by atoms with Gasteiger partial charge in [0.25, 0.3) is 0 Å². The SMILES string of the molecule is CCc1ccc(COc2cc(OC)ccc2CN)s1. The molecule has 0 saturated heterocycles. The molecule has 2 N–H and O–H groups in total. The van der Waals surface area contributed by atoms with Crippen molar-refractivity contribution >= 4 is 11.3 Å². The van der Waals surface area contributed by atoms with E-state index < -0.39 is 0 Å². The number of ether oxygens (including phenoxy) is 2. The van der Waals surface area contributed by atoms with Crippen LogP contribution >= 0.6 is 11.3 Å². The van der Waals surface area contributed by atoms with Crippen LogP contribution in [0.1, 0.15) is 22.2 Å². The first-order chi connectivity index (χ1) is 9.26. The third kappa shape index (κ3) is 3.49. The van der Waals surface area contributed by atoms with Crippen molar-refractivity contribution in [3.05, 3.63) is 45.6 Å². The van der Waals surface area contributed by atoms with Crippen molar-refractivity contribution in [1.82, 2.24) is 0 Å². The first kappa shape index (κ1) is 13.9. The minimum Gasteiger partial charge on any atom is -0.497 e. The fourth-order valence-corrected chi connectivity index (χ4v) is 2.67. The van der Waals surface area contributed by atoms with E-state index in [1.807, 2.05) is 18.2 Å². The van der Waals surface area contributed by atoms with Gasteiger partial charge in [0.1, 0.15) is 18.1 Å². The Morgan fingerprint density at radius 3 is 2.58 bits per heavy atom. The minimum atomic E-state index is 0.462. The second kappa shape index (κ2) is 6.59. The van der Waals surface area contributed by atoms with E-state index in [0.29, 0.717) is 13.2 Å². The summed E-state index contributed by atoms with van der Waals surface area (Å²) in [5.41, 5.74) is 6.71. The fourth-order valence-electron chi connectivity index (χ4n) is 1.80. The van der Waals surface area contributed by atoms with Crippen LogP contribution < -0.4 is 15.2 Å². The fraction of sp³-hybridized carbons (Fsp3) is 0.333. The molecule has 0 aliphatic carbocycles. The summed E-state index contributed by atoms with van der Waals surface area (Å²) < 4.78 is 11.1. The Morgan fingerprint density at radius 1 is 1.16 bits per heavy atom. The molecule has 0 aliphatic heterocycles. The smallest absolute Gasteiger partial charge is 0.128 e. The van der Waals surface area contributed by atoms with Gasteiger partial charge in [-0.05, 0) is 24.6 Å². The molecule has 0 spiro atoms. The van der Waals surface area contributed by atoms with Crippen LogP contribution in [0.15, 0.2) is 30.3 Å². The molecule has 102 valence electrons. The number of methoxy groups -OCH3 is 1. The van der Waals surface area contributed by atoms with Gasteiger partial charge in [-0.3, -0.25) is 0 Å². The van der Waals surface area contributed by atoms with Crippen molar-refractivity contribution in [2.45, 2.75) is 26.5 Å². The molecule has 3 nitrogen and oxygen atoms in total. The maximum Gasteiger partial charge on any atom is 0.128 e. The lowest BCUT2D eigenvalue weighted by molar-refractivity contribution is 0.304. The molecule has 0 aliphatic rings. The second-order valence-electron chi connectivity index (χ2n) is 4.19. The summed E-state index contributed by atoms with van der Waals surface area (Å²) >= 11 is 1.79. The van der Waals surface area contributed by atoms with Crippen molar-refractivity contribution in [3.8, 4) is 11.5 Å². The summed E-state index contributed by atoms with van der Waals surface area (Å²) in [4.78, 5) is 2.60. The summed E-state index contributed by atoms with van der Waals surface area (Å²) in [6.45, 7) is 3.19. The topological polar surface area (TPSA) is 44.5 Å². The van der Waals surface area contributed by atoms with Crippen LogP contribution in [0.5, 0.6) is 11.5 Å². The minimum absolute atomic E-state index is 0.462. The van der Waals surface area contributed by atoms with E-state index in [2.05, 4.69) is 19.1 Å². The summed E-state index contributed by atoms with van der Waals surface area (Å²) in [7, 11) is 1.65. The molecule has 1 heterocycles. The summed E-state index contributed by atoms with van der Waals surface area (Å²) in [6, 6.07) is 10.00. The third-order valence-corrected chi connectivity index (χ3v) is 4.13. The van der Waals surface area contributed by atoms with Gasteiger partial charge >= 0.3 is 0 Å². The molecule has 0 saturated carbocycles. The van der Waals surface area contributed by atoms with Gasteiger partial charge in [-0.25, -0.2) is 0 Å². The van der Waals surface area contributed by atoms with Crippen LogP contribution in [-0.2, 0) is 19.6 Å². The highest BCUT2D eigenvalue weighted by atomic mass is 32.1. The highest BCUT2D eigenvalue weighted by Gasteiger charge is 2.06. The third-order valence-electron chi connectivity index (χ3n) is 2.93. The van der Waals surface area contributed by atoms with E-state index in [-0.39, 0.29) is 0 Å². The van der Waals surface area contributed by atoms with Gasteiger partial charge < -0.3 is 15.2 Å². The van der Waals surface area contributed by atoms with Crippen LogP contribution in [0.4, 0.5) is 0 Å². The van der Waals surface area contributed by atoms with Crippen molar-refractivity contribution in [2.24, 2.45) is 5.73 Å². The highest BCUT2D eigenvalue weighted by Crippen LogP contribution is 2.26. The number of aryl methyl sites for hydroxylation is 1. The van der Waals surface area contributed by atoms with E-state index in [1.54, 1.807) is 18.4 Å². The van der Waals surface area contributed by atoms with Crippen LogP contribution in [0.2, 0.25) is 0 Å². The van der Waals surface area contributed by atoms with Gasteiger partial charge in [-0.2, -0.15) is 0 Å². The molecule has 0 amide bonds. The average Bonchev–Trinajstić information content (AvgIpc) is 2.92. The van der Waals surface area contributed by atoms with E-state index in [1.165, 1.54) is 9.75 Å². The summed E-state index contributed by atoms with van der Waals surface area (Å²) in [5, 5.41) is 0. The molecular weight excluding hydrogens is 258 g/mol. The zero-order valence-electron chi connectivity index (χ0n) is 11.3. The van der Waals surface area contributed by atoms with Gasteiger partial charge in [0, 0.05) is 27.9 Å². The molecule has 0 radical (unpaired) electrons. The van der Waals surface area contributed by atoms with Gasteiger partial charge in [0.05, 0.1) is 7.11 Å². The summed E-state index contributed by atoms with van der Waals surface area (Å²) in [6.07, 6.45) is 1.07. The number of hydrogen-bond acceptors (Lipinski definition) is 4. The lowest BCUT2D eigenvalue weighted by Gasteiger charge is -2.11. The van der Waals surface area contributed by atoms with Crippen molar-refractivity contribution in [2.75, 3.05) is 7.11 Å². The zero-order valence-corrected chi connectivity index (χ0v) is 12.1. The molecule has 2 aromatic rings. The van der Waals surface area contributed by atoms with Crippen molar-refractivity contribution in [1.29, 1.82) is 0 Å². The average molecular weight is 277 g/mol. The molecule has 0 atom stereocenters. The van der Waals surface area contributed by atoms with Crippen molar-refractivity contribution < 1.29 is 9.47 Å². The maximum absolute atomic E-state index is 5.86. The second-order valence-corrected chi connectivity index (χ2v) is 5.44. The monoisotopic (exact) mass is 277 g/mol. The Kier molecular flexibility index (Phi) is 4.82. The Balaban J connectivity index is 2.09. The number of rotatable bonds is 6. The first-order valence-electron chi connectivity index (χ1n) is 6.34. The quantitative estimate of drug-likeness (QED) is 0.880. The summed E-state index contributed by atoms with van der Waals surface area (Å²) in [5.74, 6) is 1.58. The van der Waals surface area contributed by atoms with Crippen LogP contribution in [0, 0.1) is 0 Å². The standard InChI is InChI=1S/C15H19NO2S/c1-3-13-6-7-14(19-13)10-18-15-8-12(17-2)5-4-11(15)9-16/h4-8H,3,9-10,16H2,1-2H3. The molecule has 1 aromatic heterocycles. The lowest BCUT2D eigenvalue weighted by Crippen LogP contribution is -2.02. The molecular formula is C15H19NO2S. The van der Waals surface area contributed by atoms with Gasteiger partial charge in [-0.1, -0.05) is 13.0 Å². The Morgan fingerprint density at radius 2 is 1.95 bits per heavy atom.